The van der Waals surface area contributed by atoms with Gasteiger partial charge < -0.3 is 19.0 Å². The monoisotopic (exact) mass is 339 g/mol. The van der Waals surface area contributed by atoms with Crippen LogP contribution >= 0.6 is 0 Å². The largest absolute Gasteiger partial charge is 0.497 e. The number of fused-ring (bicyclic) bond motifs is 1. The van der Waals surface area contributed by atoms with Crippen LogP contribution in [0.1, 0.15) is 31.4 Å². The summed E-state index contributed by atoms with van der Waals surface area (Å²) in [4.78, 5) is 0. The quantitative estimate of drug-likeness (QED) is 0.692. The summed E-state index contributed by atoms with van der Waals surface area (Å²) in [5.41, 5.74) is 3.28. The van der Waals surface area contributed by atoms with Crippen LogP contribution < -0.4 is 10.4 Å². The molecule has 5 heteroatoms. The van der Waals surface area contributed by atoms with E-state index in [2.05, 4.69) is 6.92 Å². The lowest BCUT2D eigenvalue weighted by Crippen LogP contribution is -2.26. The molecule has 0 amide bonds. The second-order valence-electron chi connectivity index (χ2n) is 6.22. The number of aryl methyl sites for hydroxylation is 1. The highest BCUT2D eigenvalue weighted by atomic mass is 16.5. The highest BCUT2D eigenvalue weighted by Gasteiger charge is 2.15. The third-order valence-electron chi connectivity index (χ3n) is 4.57. The molecule has 3 rings (SSSR count). The molecule has 25 heavy (non-hydrogen) atoms. The van der Waals surface area contributed by atoms with Crippen molar-refractivity contribution in [3.63, 3.8) is 0 Å². The summed E-state index contributed by atoms with van der Waals surface area (Å²) in [5, 5.41) is 19.2. The number of nitrogens with one attached hydrogen (secondary N) is 1. The van der Waals surface area contributed by atoms with Crippen molar-refractivity contribution in [3.05, 3.63) is 59.7 Å². The molecule has 0 fully saturated rings. The molecule has 1 aromatic heterocycles. The van der Waals surface area contributed by atoms with E-state index in [-0.39, 0.29) is 0 Å². The summed E-state index contributed by atoms with van der Waals surface area (Å²) < 4.78 is 9.08. The minimum atomic E-state index is -0.676. The van der Waals surface area contributed by atoms with Gasteiger partial charge in [-0.25, -0.2) is 0 Å². The van der Waals surface area contributed by atoms with Crippen molar-refractivity contribution in [3.8, 4) is 5.75 Å². The van der Waals surface area contributed by atoms with Gasteiger partial charge >= 0.3 is 0 Å². The standard InChI is InChI=1S/C20H25N3O2/c1-3-4-13-22-17-7-5-6-8-18(17)23(20(22)21)14-19(24)15-9-11-16(25-2)12-10-15/h5-12,19,21,24H,3-4,13-14H2,1-2H3/t19-/m0/s1. The van der Waals surface area contributed by atoms with Crippen molar-refractivity contribution in [2.75, 3.05) is 7.11 Å². The Morgan fingerprint density at radius 3 is 2.28 bits per heavy atom. The summed E-state index contributed by atoms with van der Waals surface area (Å²) in [7, 11) is 1.62. The number of aliphatic hydroxyl groups excluding tert-OH is 1. The first-order valence-electron chi connectivity index (χ1n) is 8.70. The molecule has 132 valence electrons. The van der Waals surface area contributed by atoms with Gasteiger partial charge in [0.2, 0.25) is 5.62 Å². The van der Waals surface area contributed by atoms with Crippen LogP contribution in [0.3, 0.4) is 0 Å². The molecule has 0 aliphatic rings. The average molecular weight is 339 g/mol. The number of nitrogens with zero attached hydrogens (tertiary/aromatic N) is 2. The molecule has 0 unspecified atom stereocenters. The van der Waals surface area contributed by atoms with Gasteiger partial charge in [-0.2, -0.15) is 0 Å². The number of rotatable bonds is 7. The van der Waals surface area contributed by atoms with Crippen LogP contribution in [0.5, 0.6) is 5.75 Å². The Kier molecular flexibility index (Phi) is 5.24. The first kappa shape index (κ1) is 17.3. The first-order valence-corrected chi connectivity index (χ1v) is 8.70. The van der Waals surface area contributed by atoms with E-state index in [1.807, 2.05) is 57.7 Å². The molecule has 1 atom stereocenters. The maximum Gasteiger partial charge on any atom is 0.203 e. The number of unbranched alkanes of at least 4 members (excludes halogenated alkanes) is 1. The van der Waals surface area contributed by atoms with Crippen LogP contribution in [0.4, 0.5) is 0 Å². The lowest BCUT2D eigenvalue weighted by atomic mass is 10.1. The minimum Gasteiger partial charge on any atom is -0.497 e. The molecule has 1 heterocycles. The SMILES string of the molecule is CCCCn1c(=N)n(C[C@H](O)c2ccc(OC)cc2)c2ccccc21. The number of aliphatic hydroxyl groups is 1. The highest BCUT2D eigenvalue weighted by molar-refractivity contribution is 5.75. The summed E-state index contributed by atoms with van der Waals surface area (Å²) >= 11 is 0. The Balaban J connectivity index is 1.94. The van der Waals surface area contributed by atoms with Crippen LogP contribution in [0.25, 0.3) is 11.0 Å². The van der Waals surface area contributed by atoms with Crippen molar-refractivity contribution in [1.29, 1.82) is 5.41 Å². The fourth-order valence-electron chi connectivity index (χ4n) is 3.13. The maximum absolute atomic E-state index is 10.7. The number of ether oxygens (including phenoxy) is 1. The summed E-state index contributed by atoms with van der Waals surface area (Å²) in [5.74, 6) is 0.765. The maximum atomic E-state index is 10.7. The number of benzene rings is 2. The summed E-state index contributed by atoms with van der Waals surface area (Å²) in [6.07, 6.45) is 1.44. The highest BCUT2D eigenvalue weighted by Crippen LogP contribution is 2.21. The van der Waals surface area contributed by atoms with E-state index >= 15 is 0 Å². The molecule has 0 saturated carbocycles. The number of aromatic nitrogens is 2. The Morgan fingerprint density at radius 1 is 1.04 bits per heavy atom. The molecule has 0 aliphatic heterocycles. The van der Waals surface area contributed by atoms with Crippen molar-refractivity contribution in [2.24, 2.45) is 0 Å². The van der Waals surface area contributed by atoms with Crippen molar-refractivity contribution in [2.45, 2.75) is 39.0 Å². The van der Waals surface area contributed by atoms with E-state index in [1.54, 1.807) is 7.11 Å². The number of imidazole rings is 1. The van der Waals surface area contributed by atoms with Gasteiger partial charge in [0, 0.05) is 6.54 Å². The van der Waals surface area contributed by atoms with E-state index in [9.17, 15) is 5.11 Å². The Bertz CT molecular complexity index is 893. The van der Waals surface area contributed by atoms with Crippen molar-refractivity contribution < 1.29 is 9.84 Å². The van der Waals surface area contributed by atoms with E-state index in [0.717, 1.165) is 41.7 Å². The van der Waals surface area contributed by atoms with Gasteiger partial charge in [0.25, 0.3) is 0 Å². The topological polar surface area (TPSA) is 63.2 Å². The van der Waals surface area contributed by atoms with Gasteiger partial charge in [0.15, 0.2) is 0 Å². The average Bonchev–Trinajstić information content (AvgIpc) is 2.91. The zero-order valence-electron chi connectivity index (χ0n) is 14.8. The van der Waals surface area contributed by atoms with Gasteiger partial charge in [-0.3, -0.25) is 5.41 Å². The molecule has 0 saturated heterocycles. The number of methoxy groups -OCH3 is 1. The summed E-state index contributed by atoms with van der Waals surface area (Å²) in [6, 6.07) is 15.4. The minimum absolute atomic E-state index is 0.352. The van der Waals surface area contributed by atoms with Gasteiger partial charge in [-0.15, -0.1) is 0 Å². The lowest BCUT2D eigenvalue weighted by Gasteiger charge is -2.13. The normalized spacial score (nSPS) is 12.4. The van der Waals surface area contributed by atoms with Crippen LogP contribution in [0.2, 0.25) is 0 Å². The zero-order valence-corrected chi connectivity index (χ0v) is 14.8. The Hall–Kier alpha value is -2.53. The molecule has 3 aromatic rings. The molecule has 5 nitrogen and oxygen atoms in total. The zero-order chi connectivity index (χ0) is 17.8. The van der Waals surface area contributed by atoms with E-state index in [0.29, 0.717) is 12.2 Å². The second kappa shape index (κ2) is 7.57. The second-order valence-corrected chi connectivity index (χ2v) is 6.22. The number of hydrogen-bond donors (Lipinski definition) is 2. The fraction of sp³-hybridized carbons (Fsp3) is 0.350. The number of para-hydroxylation sites is 2. The van der Waals surface area contributed by atoms with Crippen molar-refractivity contribution >= 4 is 11.0 Å². The van der Waals surface area contributed by atoms with E-state index in [1.165, 1.54) is 0 Å². The van der Waals surface area contributed by atoms with Crippen LogP contribution in [-0.2, 0) is 13.1 Å². The van der Waals surface area contributed by atoms with Crippen LogP contribution in [0, 0.1) is 5.41 Å². The molecule has 0 bridgehead atoms. The van der Waals surface area contributed by atoms with Gasteiger partial charge in [0.05, 0.1) is 30.8 Å². The van der Waals surface area contributed by atoms with Gasteiger partial charge in [-0.1, -0.05) is 37.6 Å². The van der Waals surface area contributed by atoms with Crippen molar-refractivity contribution in [1.82, 2.24) is 9.13 Å². The fourth-order valence-corrected chi connectivity index (χ4v) is 3.13. The third kappa shape index (κ3) is 3.46. The third-order valence-corrected chi connectivity index (χ3v) is 4.57. The Labute approximate surface area is 147 Å². The molecular weight excluding hydrogens is 314 g/mol. The predicted octanol–water partition coefficient (Wildman–Crippen LogP) is 3.46. The molecule has 2 aromatic carbocycles. The van der Waals surface area contributed by atoms with Crippen LogP contribution in [0.15, 0.2) is 48.5 Å². The van der Waals surface area contributed by atoms with Gasteiger partial charge in [-0.05, 0) is 36.2 Å². The molecule has 0 radical (unpaired) electrons. The van der Waals surface area contributed by atoms with Crippen LogP contribution in [-0.4, -0.2) is 21.4 Å². The number of hydrogen-bond acceptors (Lipinski definition) is 3. The summed E-state index contributed by atoms with van der Waals surface area (Å²) in [6.45, 7) is 3.32. The molecule has 0 spiro atoms. The van der Waals surface area contributed by atoms with E-state index in [4.69, 9.17) is 10.1 Å². The van der Waals surface area contributed by atoms with Gasteiger partial charge in [0.1, 0.15) is 5.75 Å². The molecule has 2 N–H and O–H groups in total. The lowest BCUT2D eigenvalue weighted by molar-refractivity contribution is 0.155. The first-order chi connectivity index (χ1) is 12.2. The Morgan fingerprint density at radius 2 is 1.68 bits per heavy atom. The predicted molar refractivity (Wildman–Crippen MR) is 98.6 cm³/mol. The molecular formula is C20H25N3O2. The smallest absolute Gasteiger partial charge is 0.203 e. The molecule has 0 aliphatic carbocycles. The van der Waals surface area contributed by atoms with E-state index < -0.39 is 6.10 Å².